The number of amides is 1. The van der Waals surface area contributed by atoms with E-state index in [1.807, 2.05) is 12.1 Å². The molecular formula is C15H24IN3O3S. The number of unbranched alkanes of at least 4 members (excludes halogenated alkanes) is 2. The molecule has 8 heteroatoms. The number of benzene rings is 1. The summed E-state index contributed by atoms with van der Waals surface area (Å²) < 4.78 is 26.4. The fourth-order valence-corrected chi connectivity index (χ4v) is 3.76. The van der Waals surface area contributed by atoms with E-state index in [1.54, 1.807) is 6.07 Å². The van der Waals surface area contributed by atoms with Crippen molar-refractivity contribution in [3.8, 4) is 0 Å². The van der Waals surface area contributed by atoms with Crippen molar-refractivity contribution in [2.75, 3.05) is 12.0 Å². The minimum atomic E-state index is -3.55. The van der Waals surface area contributed by atoms with E-state index in [-0.39, 0.29) is 5.92 Å². The third kappa shape index (κ3) is 6.64. The maximum absolute atomic E-state index is 11.8. The van der Waals surface area contributed by atoms with Gasteiger partial charge in [-0.25, -0.2) is 13.1 Å². The van der Waals surface area contributed by atoms with Crippen LogP contribution < -0.4 is 16.2 Å². The molecule has 130 valence electrons. The molecule has 6 nitrogen and oxygen atoms in total. The lowest BCUT2D eigenvalue weighted by atomic mass is 9.86. The van der Waals surface area contributed by atoms with Crippen LogP contribution in [0.4, 0.5) is 5.69 Å². The summed E-state index contributed by atoms with van der Waals surface area (Å²) in [6, 6.07) is 4.50. The van der Waals surface area contributed by atoms with Crippen LogP contribution in [0.15, 0.2) is 18.2 Å². The minimum Gasteiger partial charge on any atom is -0.398 e. The third-order valence-corrected chi connectivity index (χ3v) is 5.24. The molecule has 0 aromatic heterocycles. The third-order valence-electron chi connectivity index (χ3n) is 3.62. The second-order valence-corrected chi connectivity index (χ2v) is 8.60. The average Bonchev–Trinajstić information content (AvgIpc) is 2.44. The number of carbonyl (C=O) groups excluding carboxylic acids is 1. The average molecular weight is 453 g/mol. The predicted molar refractivity (Wildman–Crippen MR) is 101 cm³/mol. The van der Waals surface area contributed by atoms with Gasteiger partial charge in [0.25, 0.3) is 0 Å². The van der Waals surface area contributed by atoms with Crippen LogP contribution in [0.25, 0.3) is 0 Å². The van der Waals surface area contributed by atoms with Crippen LogP contribution in [0, 0.1) is 3.57 Å². The number of anilines is 1. The van der Waals surface area contributed by atoms with Crippen LogP contribution in [0.3, 0.4) is 0 Å². The number of sulfonamides is 1. The van der Waals surface area contributed by atoms with E-state index in [0.717, 1.165) is 34.7 Å². The number of rotatable bonds is 9. The van der Waals surface area contributed by atoms with Gasteiger partial charge in [0.1, 0.15) is 6.04 Å². The van der Waals surface area contributed by atoms with Crippen molar-refractivity contribution in [1.29, 1.82) is 0 Å². The normalized spacial score (nSPS) is 14.4. The molecule has 0 aliphatic rings. The largest absolute Gasteiger partial charge is 0.398 e. The first-order valence-electron chi connectivity index (χ1n) is 7.47. The predicted octanol–water partition coefficient (Wildman–Crippen LogP) is 1.94. The van der Waals surface area contributed by atoms with Crippen LogP contribution in [0.5, 0.6) is 0 Å². The first-order valence-corrected chi connectivity index (χ1v) is 10.4. The van der Waals surface area contributed by atoms with Gasteiger partial charge in [0.2, 0.25) is 15.9 Å². The van der Waals surface area contributed by atoms with Crippen molar-refractivity contribution < 1.29 is 13.2 Å². The van der Waals surface area contributed by atoms with Gasteiger partial charge < -0.3 is 11.5 Å². The van der Waals surface area contributed by atoms with Gasteiger partial charge in [-0.1, -0.05) is 32.3 Å². The Labute approximate surface area is 151 Å². The molecule has 0 aliphatic heterocycles. The molecule has 0 aliphatic carbocycles. The van der Waals surface area contributed by atoms with Crippen LogP contribution >= 0.6 is 22.6 Å². The Balaban J connectivity index is 3.19. The van der Waals surface area contributed by atoms with Crippen molar-refractivity contribution in [2.24, 2.45) is 5.73 Å². The Morgan fingerprint density at radius 1 is 1.35 bits per heavy atom. The van der Waals surface area contributed by atoms with E-state index in [4.69, 9.17) is 11.5 Å². The number of primary amides is 1. The zero-order valence-corrected chi connectivity index (χ0v) is 16.4. The lowest BCUT2D eigenvalue weighted by Crippen LogP contribution is -2.47. The van der Waals surface area contributed by atoms with Gasteiger partial charge in [0, 0.05) is 15.2 Å². The molecule has 23 heavy (non-hydrogen) atoms. The van der Waals surface area contributed by atoms with Gasteiger partial charge >= 0.3 is 0 Å². The molecule has 5 N–H and O–H groups in total. The van der Waals surface area contributed by atoms with Crippen LogP contribution in [0.2, 0.25) is 0 Å². The summed E-state index contributed by atoms with van der Waals surface area (Å²) in [5, 5.41) is 0. The topological polar surface area (TPSA) is 115 Å². The zero-order valence-electron chi connectivity index (χ0n) is 13.4. The van der Waals surface area contributed by atoms with E-state index in [9.17, 15) is 13.2 Å². The lowest BCUT2D eigenvalue weighted by Gasteiger charge is -2.26. The number of nitrogens with one attached hydrogen (secondary N) is 1. The number of nitrogen functional groups attached to an aromatic ring is 1. The second kappa shape index (κ2) is 8.84. The number of halogens is 1. The first kappa shape index (κ1) is 20.2. The van der Waals surface area contributed by atoms with Crippen molar-refractivity contribution in [3.63, 3.8) is 0 Å². The van der Waals surface area contributed by atoms with Gasteiger partial charge in [-0.15, -0.1) is 0 Å². The smallest absolute Gasteiger partial charge is 0.236 e. The quantitative estimate of drug-likeness (QED) is 0.301. The van der Waals surface area contributed by atoms with Crippen LogP contribution in [0.1, 0.15) is 44.1 Å². The summed E-state index contributed by atoms with van der Waals surface area (Å²) in [6.45, 7) is 2.08. The van der Waals surface area contributed by atoms with Gasteiger partial charge in [0.15, 0.2) is 0 Å². The Morgan fingerprint density at radius 2 is 2.00 bits per heavy atom. The standard InChI is InChI=1S/C15H24IN3O3S/c1-3-4-5-6-11(10-7-8-13(17)12(16)9-10)14(15(18)20)19-23(2,21)22/h7-9,11,14,19H,3-6,17H2,1-2H3,(H2,18,20). The fraction of sp³-hybridized carbons (Fsp3) is 0.533. The highest BCUT2D eigenvalue weighted by molar-refractivity contribution is 14.1. The molecule has 1 aromatic carbocycles. The van der Waals surface area contributed by atoms with Crippen molar-refractivity contribution in [2.45, 2.75) is 44.6 Å². The Hall–Kier alpha value is -0.870. The fourth-order valence-electron chi connectivity index (χ4n) is 2.48. The highest BCUT2D eigenvalue weighted by Crippen LogP contribution is 2.29. The van der Waals surface area contributed by atoms with Gasteiger partial charge in [-0.3, -0.25) is 4.79 Å². The van der Waals surface area contributed by atoms with E-state index in [2.05, 4.69) is 34.2 Å². The van der Waals surface area contributed by atoms with Crippen molar-refractivity contribution >= 4 is 44.2 Å². The minimum absolute atomic E-state index is 0.317. The molecular weight excluding hydrogens is 429 g/mol. The molecule has 1 rings (SSSR count). The highest BCUT2D eigenvalue weighted by Gasteiger charge is 2.30. The molecule has 0 spiro atoms. The van der Waals surface area contributed by atoms with E-state index in [1.165, 1.54) is 0 Å². The summed E-state index contributed by atoms with van der Waals surface area (Å²) in [5.74, 6) is -0.994. The molecule has 0 heterocycles. The lowest BCUT2D eigenvalue weighted by molar-refractivity contribution is -0.120. The van der Waals surface area contributed by atoms with Crippen LogP contribution in [-0.4, -0.2) is 26.6 Å². The summed E-state index contributed by atoms with van der Waals surface area (Å²) in [6.07, 6.45) is 4.62. The monoisotopic (exact) mass is 453 g/mol. The van der Waals surface area contributed by atoms with Crippen LogP contribution in [-0.2, 0) is 14.8 Å². The number of hydrogen-bond donors (Lipinski definition) is 3. The van der Waals surface area contributed by atoms with Gasteiger partial charge in [-0.2, -0.15) is 0 Å². The summed E-state index contributed by atoms with van der Waals surface area (Å²) in [5.41, 5.74) is 12.8. The van der Waals surface area contributed by atoms with Crippen molar-refractivity contribution in [1.82, 2.24) is 4.72 Å². The molecule has 2 atom stereocenters. The first-order chi connectivity index (χ1) is 10.7. The number of hydrogen-bond acceptors (Lipinski definition) is 4. The molecule has 0 bridgehead atoms. The molecule has 0 saturated heterocycles. The molecule has 0 radical (unpaired) electrons. The van der Waals surface area contributed by atoms with E-state index < -0.39 is 22.0 Å². The number of nitrogens with two attached hydrogens (primary N) is 2. The summed E-state index contributed by atoms with van der Waals surface area (Å²) in [4.78, 5) is 11.8. The number of carbonyl (C=O) groups is 1. The zero-order chi connectivity index (χ0) is 17.6. The van der Waals surface area contributed by atoms with Gasteiger partial charge in [0.05, 0.1) is 6.26 Å². The summed E-state index contributed by atoms with van der Waals surface area (Å²) in [7, 11) is -3.55. The maximum atomic E-state index is 11.8. The Bertz CT molecular complexity index is 649. The molecule has 0 fully saturated rings. The Kier molecular flexibility index (Phi) is 7.75. The molecule has 2 unspecified atom stereocenters. The van der Waals surface area contributed by atoms with Gasteiger partial charge in [-0.05, 0) is 46.7 Å². The second-order valence-electron chi connectivity index (χ2n) is 5.65. The maximum Gasteiger partial charge on any atom is 0.236 e. The highest BCUT2D eigenvalue weighted by atomic mass is 127. The van der Waals surface area contributed by atoms with E-state index >= 15 is 0 Å². The van der Waals surface area contributed by atoms with E-state index in [0.29, 0.717) is 12.1 Å². The molecule has 1 aromatic rings. The molecule has 1 amide bonds. The Morgan fingerprint density at radius 3 is 2.48 bits per heavy atom. The SMILES string of the molecule is CCCCCC(c1ccc(N)c(I)c1)C(NS(C)(=O)=O)C(N)=O. The van der Waals surface area contributed by atoms with Crippen molar-refractivity contribution in [3.05, 3.63) is 27.3 Å². The summed E-state index contributed by atoms with van der Waals surface area (Å²) >= 11 is 2.12. The molecule has 0 saturated carbocycles.